The van der Waals surface area contributed by atoms with Gasteiger partial charge >= 0.3 is 0 Å². The highest BCUT2D eigenvalue weighted by molar-refractivity contribution is 9.10. The van der Waals surface area contributed by atoms with Gasteiger partial charge in [-0.1, -0.05) is 22.0 Å². The molecule has 110 valence electrons. The van der Waals surface area contributed by atoms with Crippen LogP contribution in [0.1, 0.15) is 29.5 Å². The van der Waals surface area contributed by atoms with Gasteiger partial charge in [-0.2, -0.15) is 0 Å². The van der Waals surface area contributed by atoms with E-state index in [1.54, 1.807) is 6.20 Å². The molecular formula is C17H19BrN2O. The smallest absolute Gasteiger partial charge is 0.223 e. The lowest BCUT2D eigenvalue weighted by Gasteiger charge is -2.12. The predicted octanol–water partition coefficient (Wildman–Crippen LogP) is 4.51. The van der Waals surface area contributed by atoms with Crippen molar-refractivity contribution in [2.45, 2.75) is 39.3 Å². The third kappa shape index (κ3) is 3.63. The minimum Gasteiger partial charge on any atom is -0.439 e. The van der Waals surface area contributed by atoms with Crippen LogP contribution in [0.4, 0.5) is 0 Å². The molecule has 1 fully saturated rings. The van der Waals surface area contributed by atoms with Crippen LogP contribution in [0.25, 0.3) is 0 Å². The zero-order valence-corrected chi connectivity index (χ0v) is 13.9. The number of hydrogen-bond donors (Lipinski definition) is 1. The summed E-state index contributed by atoms with van der Waals surface area (Å²) in [5.74, 6) is 1.52. The van der Waals surface area contributed by atoms with Crippen LogP contribution >= 0.6 is 15.9 Å². The maximum atomic E-state index is 6.01. The normalized spacial score (nSPS) is 14.2. The molecule has 0 radical (unpaired) electrons. The molecule has 1 aliphatic carbocycles. The minimum atomic E-state index is 0.676. The van der Waals surface area contributed by atoms with Crippen molar-refractivity contribution < 1.29 is 4.74 Å². The van der Waals surface area contributed by atoms with Gasteiger partial charge in [-0.05, 0) is 56.0 Å². The highest BCUT2D eigenvalue weighted by atomic mass is 79.9. The third-order valence-corrected chi connectivity index (χ3v) is 4.88. The molecule has 3 nitrogen and oxygen atoms in total. The molecule has 0 amide bonds. The van der Waals surface area contributed by atoms with Crippen LogP contribution in [-0.4, -0.2) is 11.0 Å². The van der Waals surface area contributed by atoms with Crippen molar-refractivity contribution in [1.82, 2.24) is 10.3 Å². The van der Waals surface area contributed by atoms with Gasteiger partial charge in [0.1, 0.15) is 5.75 Å². The van der Waals surface area contributed by atoms with Crippen molar-refractivity contribution in [3.63, 3.8) is 0 Å². The number of nitrogens with zero attached hydrogens (tertiary/aromatic N) is 1. The van der Waals surface area contributed by atoms with Gasteiger partial charge in [-0.25, -0.2) is 4.98 Å². The first-order valence-corrected chi connectivity index (χ1v) is 8.04. The fourth-order valence-electron chi connectivity index (χ4n) is 2.27. The van der Waals surface area contributed by atoms with Crippen molar-refractivity contribution in [2.24, 2.45) is 0 Å². The number of benzene rings is 1. The van der Waals surface area contributed by atoms with E-state index < -0.39 is 0 Å². The van der Waals surface area contributed by atoms with Crippen LogP contribution in [0.5, 0.6) is 11.6 Å². The van der Waals surface area contributed by atoms with Gasteiger partial charge in [0.2, 0.25) is 5.88 Å². The Labute approximate surface area is 133 Å². The molecule has 0 unspecified atom stereocenters. The zero-order chi connectivity index (χ0) is 14.8. The Morgan fingerprint density at radius 1 is 1.29 bits per heavy atom. The van der Waals surface area contributed by atoms with Crippen LogP contribution in [0.15, 0.2) is 34.9 Å². The number of aryl methyl sites for hydroxylation is 2. The molecule has 0 bridgehead atoms. The van der Waals surface area contributed by atoms with Crippen molar-refractivity contribution in [1.29, 1.82) is 0 Å². The first-order valence-electron chi connectivity index (χ1n) is 7.25. The first-order chi connectivity index (χ1) is 10.1. The Morgan fingerprint density at radius 2 is 2.00 bits per heavy atom. The number of hydrogen-bond acceptors (Lipinski definition) is 3. The standard InChI is InChI=1S/C17H19BrN2O/c1-11-8-15(9-12(2)16(11)18)21-17-13(4-3-7-19-17)10-20-14-5-6-14/h3-4,7-9,14,20H,5-6,10H2,1-2H3. The number of ether oxygens (including phenoxy) is 1. The Balaban J connectivity index is 1.80. The number of nitrogens with one attached hydrogen (secondary N) is 1. The summed E-state index contributed by atoms with van der Waals surface area (Å²) in [6, 6.07) is 8.76. The van der Waals surface area contributed by atoms with Crippen molar-refractivity contribution in [2.75, 3.05) is 0 Å². The van der Waals surface area contributed by atoms with Crippen LogP contribution in [0, 0.1) is 13.8 Å². The predicted molar refractivity (Wildman–Crippen MR) is 87.8 cm³/mol. The van der Waals surface area contributed by atoms with Gasteiger partial charge in [0.25, 0.3) is 0 Å². The van der Waals surface area contributed by atoms with Gasteiger partial charge in [-0.3, -0.25) is 0 Å². The van der Waals surface area contributed by atoms with Crippen LogP contribution in [0.2, 0.25) is 0 Å². The van der Waals surface area contributed by atoms with E-state index in [9.17, 15) is 0 Å². The lowest BCUT2D eigenvalue weighted by atomic mass is 10.1. The van der Waals surface area contributed by atoms with Gasteiger partial charge in [0.05, 0.1) is 0 Å². The molecule has 1 aromatic carbocycles. The molecule has 2 aromatic rings. The molecule has 0 saturated heterocycles. The molecule has 1 heterocycles. The van der Waals surface area contributed by atoms with Crippen molar-refractivity contribution >= 4 is 15.9 Å². The highest BCUT2D eigenvalue weighted by Crippen LogP contribution is 2.30. The van der Waals surface area contributed by atoms with Crippen molar-refractivity contribution in [3.05, 3.63) is 51.6 Å². The topological polar surface area (TPSA) is 34.1 Å². The molecule has 1 saturated carbocycles. The summed E-state index contributed by atoms with van der Waals surface area (Å²) in [6.07, 6.45) is 4.33. The summed E-state index contributed by atoms with van der Waals surface area (Å²) in [5.41, 5.74) is 3.43. The largest absolute Gasteiger partial charge is 0.439 e. The molecule has 1 aliphatic rings. The maximum absolute atomic E-state index is 6.01. The van der Waals surface area contributed by atoms with Crippen LogP contribution in [0.3, 0.4) is 0 Å². The second-order valence-corrected chi connectivity index (χ2v) is 6.39. The van der Waals surface area contributed by atoms with E-state index in [2.05, 4.69) is 46.1 Å². The summed E-state index contributed by atoms with van der Waals surface area (Å²) in [6.45, 7) is 4.94. The summed E-state index contributed by atoms with van der Waals surface area (Å²) in [5, 5.41) is 3.50. The van der Waals surface area contributed by atoms with E-state index >= 15 is 0 Å². The zero-order valence-electron chi connectivity index (χ0n) is 12.3. The molecule has 1 aromatic heterocycles. The molecule has 0 aliphatic heterocycles. The molecule has 21 heavy (non-hydrogen) atoms. The van der Waals surface area contributed by atoms with E-state index in [0.717, 1.165) is 22.3 Å². The summed E-state index contributed by atoms with van der Waals surface area (Å²) < 4.78 is 7.14. The second-order valence-electron chi connectivity index (χ2n) is 5.60. The maximum Gasteiger partial charge on any atom is 0.223 e. The van der Waals surface area contributed by atoms with Gasteiger partial charge in [0, 0.05) is 28.8 Å². The number of halogens is 1. The van der Waals surface area contributed by atoms with Crippen LogP contribution < -0.4 is 10.1 Å². The fourth-order valence-corrected chi connectivity index (χ4v) is 2.50. The number of rotatable bonds is 5. The fraction of sp³-hybridized carbons (Fsp3) is 0.353. The molecule has 4 heteroatoms. The lowest BCUT2D eigenvalue weighted by molar-refractivity contribution is 0.452. The molecule has 1 N–H and O–H groups in total. The third-order valence-electron chi connectivity index (χ3n) is 3.63. The van der Waals surface area contributed by atoms with E-state index in [4.69, 9.17) is 4.74 Å². The Bertz CT molecular complexity index is 630. The minimum absolute atomic E-state index is 0.676. The Hall–Kier alpha value is -1.39. The van der Waals surface area contributed by atoms with E-state index in [1.165, 1.54) is 24.0 Å². The van der Waals surface area contributed by atoms with Crippen molar-refractivity contribution in [3.8, 4) is 11.6 Å². The number of aromatic nitrogens is 1. The van der Waals surface area contributed by atoms with E-state index in [0.29, 0.717) is 11.9 Å². The summed E-state index contributed by atoms with van der Waals surface area (Å²) in [4.78, 5) is 4.38. The average Bonchev–Trinajstić information content (AvgIpc) is 3.28. The van der Waals surface area contributed by atoms with Crippen LogP contribution in [-0.2, 0) is 6.54 Å². The highest BCUT2D eigenvalue weighted by Gasteiger charge is 2.20. The Morgan fingerprint density at radius 3 is 2.67 bits per heavy atom. The van der Waals surface area contributed by atoms with Gasteiger partial charge < -0.3 is 10.1 Å². The molecule has 3 rings (SSSR count). The second kappa shape index (κ2) is 6.16. The quantitative estimate of drug-likeness (QED) is 0.864. The average molecular weight is 347 g/mol. The molecular weight excluding hydrogens is 328 g/mol. The molecule has 0 spiro atoms. The van der Waals surface area contributed by atoms with Gasteiger partial charge in [0.15, 0.2) is 0 Å². The lowest BCUT2D eigenvalue weighted by Crippen LogP contribution is -2.16. The first kappa shape index (κ1) is 14.5. The number of pyridine rings is 1. The van der Waals surface area contributed by atoms with E-state index in [1.807, 2.05) is 18.2 Å². The molecule has 0 atom stereocenters. The van der Waals surface area contributed by atoms with Gasteiger partial charge in [-0.15, -0.1) is 0 Å². The monoisotopic (exact) mass is 346 g/mol. The summed E-state index contributed by atoms with van der Waals surface area (Å²) in [7, 11) is 0. The van der Waals surface area contributed by atoms with E-state index in [-0.39, 0.29) is 0 Å². The Kier molecular flexibility index (Phi) is 4.27. The SMILES string of the molecule is Cc1cc(Oc2ncccc2CNC2CC2)cc(C)c1Br. The summed E-state index contributed by atoms with van der Waals surface area (Å²) >= 11 is 3.58.